The van der Waals surface area contributed by atoms with E-state index in [1.54, 1.807) is 6.92 Å². The van der Waals surface area contributed by atoms with Crippen LogP contribution >= 0.6 is 0 Å². The van der Waals surface area contributed by atoms with Crippen LogP contribution in [0.25, 0.3) is 0 Å². The fourth-order valence-corrected chi connectivity index (χ4v) is 3.36. The van der Waals surface area contributed by atoms with Crippen LogP contribution in [-0.4, -0.2) is 35.4 Å². The van der Waals surface area contributed by atoms with Crippen LogP contribution in [0.3, 0.4) is 0 Å². The standard InChI is InChI=1S/C16H29NO3/c1-11-8-12(2)10-14(9-11)20-7-6-16(3,15(18)19)17-13-4-5-13/h11-14,17H,4-10H2,1-3H3,(H,18,19). The highest BCUT2D eigenvalue weighted by atomic mass is 16.5. The fourth-order valence-electron chi connectivity index (χ4n) is 3.36. The average molecular weight is 283 g/mol. The summed E-state index contributed by atoms with van der Waals surface area (Å²) in [6.07, 6.45) is 6.57. The van der Waals surface area contributed by atoms with E-state index in [0.29, 0.717) is 25.2 Å². The highest BCUT2D eigenvalue weighted by Crippen LogP contribution is 2.31. The Morgan fingerprint density at radius 1 is 1.25 bits per heavy atom. The summed E-state index contributed by atoms with van der Waals surface area (Å²) in [5.41, 5.74) is -0.840. The van der Waals surface area contributed by atoms with Crippen LogP contribution in [0.4, 0.5) is 0 Å². The van der Waals surface area contributed by atoms with Crippen LogP contribution in [0.1, 0.15) is 59.3 Å². The maximum absolute atomic E-state index is 11.5. The van der Waals surface area contributed by atoms with Crippen LogP contribution in [0.5, 0.6) is 0 Å². The molecule has 0 aromatic heterocycles. The number of aliphatic carboxylic acids is 1. The maximum Gasteiger partial charge on any atom is 0.323 e. The first-order chi connectivity index (χ1) is 9.39. The van der Waals surface area contributed by atoms with Gasteiger partial charge in [0.2, 0.25) is 0 Å². The minimum absolute atomic E-state index is 0.313. The molecule has 0 bridgehead atoms. The van der Waals surface area contributed by atoms with Gasteiger partial charge in [-0.3, -0.25) is 10.1 Å². The molecule has 0 heterocycles. The van der Waals surface area contributed by atoms with Crippen molar-refractivity contribution in [3.05, 3.63) is 0 Å². The molecule has 2 saturated carbocycles. The first kappa shape index (κ1) is 15.8. The average Bonchev–Trinajstić information content (AvgIpc) is 3.11. The molecule has 0 amide bonds. The van der Waals surface area contributed by atoms with Gasteiger partial charge in [0, 0.05) is 12.6 Å². The second kappa shape index (κ2) is 6.44. The van der Waals surface area contributed by atoms with E-state index in [2.05, 4.69) is 19.2 Å². The molecule has 0 spiro atoms. The summed E-state index contributed by atoms with van der Waals surface area (Å²) in [5.74, 6) is 0.678. The Kier molecular flexibility index (Phi) is 5.08. The number of carbonyl (C=O) groups is 1. The van der Waals surface area contributed by atoms with Crippen molar-refractivity contribution in [2.75, 3.05) is 6.61 Å². The molecule has 2 rings (SSSR count). The van der Waals surface area contributed by atoms with E-state index in [9.17, 15) is 9.90 Å². The summed E-state index contributed by atoms with van der Waals surface area (Å²) in [5, 5.41) is 12.7. The Bertz CT molecular complexity index is 333. The van der Waals surface area contributed by atoms with Crippen LogP contribution in [0, 0.1) is 11.8 Å². The Morgan fingerprint density at radius 3 is 2.35 bits per heavy atom. The zero-order valence-electron chi connectivity index (χ0n) is 13.0. The topological polar surface area (TPSA) is 58.6 Å². The molecule has 2 aliphatic rings. The van der Waals surface area contributed by atoms with E-state index in [-0.39, 0.29) is 0 Å². The summed E-state index contributed by atoms with van der Waals surface area (Å²) < 4.78 is 5.97. The lowest BCUT2D eigenvalue weighted by atomic mass is 9.82. The van der Waals surface area contributed by atoms with Gasteiger partial charge in [0.05, 0.1) is 6.10 Å². The number of ether oxygens (including phenoxy) is 1. The maximum atomic E-state index is 11.5. The summed E-state index contributed by atoms with van der Waals surface area (Å²) >= 11 is 0. The molecule has 2 fully saturated rings. The van der Waals surface area contributed by atoms with Gasteiger partial charge in [-0.05, 0) is 57.3 Å². The van der Waals surface area contributed by atoms with Gasteiger partial charge in [-0.15, -0.1) is 0 Å². The van der Waals surface area contributed by atoms with E-state index >= 15 is 0 Å². The number of rotatable bonds is 7. The van der Waals surface area contributed by atoms with Gasteiger partial charge in [0.15, 0.2) is 0 Å². The van der Waals surface area contributed by atoms with Crippen LogP contribution in [0.2, 0.25) is 0 Å². The number of carboxylic acids is 1. The molecule has 3 unspecified atom stereocenters. The molecule has 3 atom stereocenters. The highest BCUT2D eigenvalue weighted by Gasteiger charge is 2.38. The van der Waals surface area contributed by atoms with Gasteiger partial charge in [-0.1, -0.05) is 13.8 Å². The lowest BCUT2D eigenvalue weighted by Crippen LogP contribution is -2.51. The van der Waals surface area contributed by atoms with Gasteiger partial charge < -0.3 is 9.84 Å². The van der Waals surface area contributed by atoms with E-state index in [1.165, 1.54) is 6.42 Å². The molecular formula is C16H29NO3. The number of nitrogens with one attached hydrogen (secondary N) is 1. The van der Waals surface area contributed by atoms with Crippen molar-refractivity contribution in [2.45, 2.75) is 77.0 Å². The van der Waals surface area contributed by atoms with Gasteiger partial charge in [0.1, 0.15) is 5.54 Å². The van der Waals surface area contributed by atoms with Crippen molar-refractivity contribution in [3.8, 4) is 0 Å². The van der Waals surface area contributed by atoms with Crippen molar-refractivity contribution in [1.82, 2.24) is 5.32 Å². The summed E-state index contributed by atoms with van der Waals surface area (Å²) in [7, 11) is 0. The van der Waals surface area contributed by atoms with Gasteiger partial charge >= 0.3 is 5.97 Å². The molecule has 0 aromatic carbocycles. The van der Waals surface area contributed by atoms with Gasteiger partial charge in [-0.2, -0.15) is 0 Å². The van der Waals surface area contributed by atoms with E-state index in [4.69, 9.17) is 4.74 Å². The molecule has 0 radical (unpaired) electrons. The molecule has 0 aliphatic heterocycles. The molecule has 2 N–H and O–H groups in total. The third kappa shape index (κ3) is 4.45. The molecular weight excluding hydrogens is 254 g/mol. The van der Waals surface area contributed by atoms with Gasteiger partial charge in [0.25, 0.3) is 0 Å². The third-order valence-electron chi connectivity index (χ3n) is 4.66. The molecule has 2 aliphatic carbocycles. The minimum Gasteiger partial charge on any atom is -0.480 e. The lowest BCUT2D eigenvalue weighted by molar-refractivity contribution is -0.145. The monoisotopic (exact) mass is 283 g/mol. The first-order valence-corrected chi connectivity index (χ1v) is 8.02. The molecule has 116 valence electrons. The Balaban J connectivity index is 1.76. The quantitative estimate of drug-likeness (QED) is 0.754. The van der Waals surface area contributed by atoms with Crippen molar-refractivity contribution in [1.29, 1.82) is 0 Å². The number of hydrogen-bond acceptors (Lipinski definition) is 3. The van der Waals surface area contributed by atoms with Crippen molar-refractivity contribution < 1.29 is 14.6 Å². The summed E-state index contributed by atoms with van der Waals surface area (Å²) in [6.45, 7) is 6.87. The fraction of sp³-hybridized carbons (Fsp3) is 0.938. The van der Waals surface area contributed by atoms with Crippen LogP contribution < -0.4 is 5.32 Å². The predicted molar refractivity (Wildman–Crippen MR) is 78.7 cm³/mol. The molecule has 20 heavy (non-hydrogen) atoms. The molecule has 4 nitrogen and oxygen atoms in total. The number of hydrogen-bond donors (Lipinski definition) is 2. The summed E-state index contributed by atoms with van der Waals surface area (Å²) in [6, 6.07) is 0.394. The second-order valence-corrected chi connectivity index (χ2v) is 7.22. The van der Waals surface area contributed by atoms with Crippen molar-refractivity contribution in [2.24, 2.45) is 11.8 Å². The Labute approximate surface area is 122 Å². The van der Waals surface area contributed by atoms with Crippen LogP contribution in [0.15, 0.2) is 0 Å². The van der Waals surface area contributed by atoms with Gasteiger partial charge in [-0.25, -0.2) is 0 Å². The molecule has 0 aromatic rings. The number of carboxylic acid groups (broad SMARTS) is 1. The summed E-state index contributed by atoms with van der Waals surface area (Å²) in [4.78, 5) is 11.5. The molecule has 4 heteroatoms. The van der Waals surface area contributed by atoms with E-state index < -0.39 is 11.5 Å². The highest BCUT2D eigenvalue weighted by molar-refractivity contribution is 5.78. The van der Waals surface area contributed by atoms with Crippen LogP contribution in [-0.2, 0) is 9.53 Å². The normalized spacial score (nSPS) is 33.6. The molecule has 0 saturated heterocycles. The van der Waals surface area contributed by atoms with Crippen molar-refractivity contribution >= 4 is 5.97 Å². The lowest BCUT2D eigenvalue weighted by Gasteiger charge is -2.32. The zero-order valence-corrected chi connectivity index (χ0v) is 13.0. The smallest absolute Gasteiger partial charge is 0.323 e. The largest absolute Gasteiger partial charge is 0.480 e. The van der Waals surface area contributed by atoms with E-state index in [1.807, 2.05) is 0 Å². The zero-order chi connectivity index (χ0) is 14.8. The van der Waals surface area contributed by atoms with E-state index in [0.717, 1.165) is 37.5 Å². The Morgan fingerprint density at radius 2 is 1.85 bits per heavy atom. The first-order valence-electron chi connectivity index (χ1n) is 8.02. The third-order valence-corrected chi connectivity index (χ3v) is 4.66. The second-order valence-electron chi connectivity index (χ2n) is 7.22. The minimum atomic E-state index is -0.840. The SMILES string of the molecule is CC1CC(C)CC(OCCC(C)(NC2CC2)C(=O)O)C1. The predicted octanol–water partition coefficient (Wildman–Crippen LogP) is 2.81. The Hall–Kier alpha value is -0.610. The van der Waals surface area contributed by atoms with Crippen molar-refractivity contribution in [3.63, 3.8) is 0 Å².